The monoisotopic (exact) mass is 184 g/mol. The number of carboxylic acids is 1. The fourth-order valence-corrected chi connectivity index (χ4v) is 2.17. The molecule has 1 rings (SSSR count). The van der Waals surface area contributed by atoms with Gasteiger partial charge in [0.1, 0.15) is 6.29 Å². The van der Waals surface area contributed by atoms with E-state index >= 15 is 0 Å². The van der Waals surface area contributed by atoms with Crippen molar-refractivity contribution in [2.45, 2.75) is 33.6 Å². The van der Waals surface area contributed by atoms with Gasteiger partial charge in [-0.25, -0.2) is 0 Å². The summed E-state index contributed by atoms with van der Waals surface area (Å²) >= 11 is 0. The highest BCUT2D eigenvalue weighted by atomic mass is 16.4. The minimum Gasteiger partial charge on any atom is -0.481 e. The van der Waals surface area contributed by atoms with Crippen molar-refractivity contribution in [3.8, 4) is 0 Å². The van der Waals surface area contributed by atoms with Crippen LogP contribution in [0.5, 0.6) is 0 Å². The first-order chi connectivity index (χ1) is 5.85. The van der Waals surface area contributed by atoms with Gasteiger partial charge in [0.05, 0.1) is 5.92 Å². The predicted molar refractivity (Wildman–Crippen MR) is 48.3 cm³/mol. The summed E-state index contributed by atoms with van der Waals surface area (Å²) in [5.74, 6) is -1.17. The molecule has 1 saturated carbocycles. The van der Waals surface area contributed by atoms with Crippen molar-refractivity contribution in [1.29, 1.82) is 0 Å². The van der Waals surface area contributed by atoms with E-state index in [2.05, 4.69) is 0 Å². The lowest BCUT2D eigenvalue weighted by Gasteiger charge is -2.35. The van der Waals surface area contributed by atoms with Gasteiger partial charge in [0, 0.05) is 5.41 Å². The zero-order valence-electron chi connectivity index (χ0n) is 8.33. The first-order valence-corrected chi connectivity index (χ1v) is 4.54. The molecule has 1 aliphatic carbocycles. The van der Waals surface area contributed by atoms with Crippen LogP contribution in [0.25, 0.3) is 0 Å². The van der Waals surface area contributed by atoms with Crippen molar-refractivity contribution in [2.24, 2.45) is 16.7 Å². The van der Waals surface area contributed by atoms with Crippen molar-refractivity contribution < 1.29 is 14.7 Å². The van der Waals surface area contributed by atoms with Gasteiger partial charge in [-0.3, -0.25) is 4.79 Å². The van der Waals surface area contributed by atoms with E-state index in [-0.39, 0.29) is 5.92 Å². The number of hydrogen-bond acceptors (Lipinski definition) is 2. The average Bonchev–Trinajstić information content (AvgIpc) is 2.24. The molecular weight excluding hydrogens is 168 g/mol. The van der Waals surface area contributed by atoms with Crippen LogP contribution in [0.1, 0.15) is 33.6 Å². The van der Waals surface area contributed by atoms with Crippen LogP contribution in [0.15, 0.2) is 0 Å². The van der Waals surface area contributed by atoms with Crippen LogP contribution < -0.4 is 0 Å². The molecule has 0 aromatic carbocycles. The molecule has 0 bridgehead atoms. The van der Waals surface area contributed by atoms with Gasteiger partial charge in [-0.2, -0.15) is 0 Å². The molecule has 74 valence electrons. The summed E-state index contributed by atoms with van der Waals surface area (Å²) in [6, 6.07) is 0. The molecule has 2 atom stereocenters. The molecule has 0 aromatic rings. The number of rotatable bonds is 2. The highest BCUT2D eigenvalue weighted by Gasteiger charge is 2.54. The van der Waals surface area contributed by atoms with Crippen LogP contribution in [0.3, 0.4) is 0 Å². The van der Waals surface area contributed by atoms with E-state index in [0.717, 1.165) is 6.29 Å². The third kappa shape index (κ3) is 1.26. The Labute approximate surface area is 78.1 Å². The summed E-state index contributed by atoms with van der Waals surface area (Å²) in [7, 11) is 0. The highest BCUT2D eigenvalue weighted by Crippen LogP contribution is 2.54. The van der Waals surface area contributed by atoms with Gasteiger partial charge < -0.3 is 9.90 Å². The van der Waals surface area contributed by atoms with Crippen LogP contribution in [0, 0.1) is 16.7 Å². The summed E-state index contributed by atoms with van der Waals surface area (Å²) in [5, 5.41) is 8.96. The van der Waals surface area contributed by atoms with Crippen molar-refractivity contribution in [3.05, 3.63) is 0 Å². The SMILES string of the molecule is CC1(C)[C@@H](C(=O)O)CC[C@]1(C)C=O. The van der Waals surface area contributed by atoms with E-state index < -0.39 is 16.8 Å². The average molecular weight is 184 g/mol. The van der Waals surface area contributed by atoms with Gasteiger partial charge in [-0.1, -0.05) is 20.8 Å². The molecule has 0 unspecified atom stereocenters. The lowest BCUT2D eigenvalue weighted by Crippen LogP contribution is -2.38. The van der Waals surface area contributed by atoms with Crippen LogP contribution in [-0.4, -0.2) is 17.4 Å². The number of aldehydes is 1. The van der Waals surface area contributed by atoms with E-state index in [1.165, 1.54) is 0 Å². The largest absolute Gasteiger partial charge is 0.481 e. The zero-order chi connectivity index (χ0) is 10.3. The molecular formula is C10H16O3. The Kier molecular flexibility index (Phi) is 2.22. The molecule has 13 heavy (non-hydrogen) atoms. The van der Waals surface area contributed by atoms with Gasteiger partial charge in [0.25, 0.3) is 0 Å². The second-order valence-electron chi connectivity index (χ2n) is 4.69. The molecule has 0 amide bonds. The Bertz CT molecular complexity index is 245. The van der Waals surface area contributed by atoms with Crippen LogP contribution in [0.4, 0.5) is 0 Å². The van der Waals surface area contributed by atoms with Crippen molar-refractivity contribution in [3.63, 3.8) is 0 Å². The van der Waals surface area contributed by atoms with Gasteiger partial charge in [-0.15, -0.1) is 0 Å². The maximum Gasteiger partial charge on any atom is 0.307 e. The van der Waals surface area contributed by atoms with Gasteiger partial charge in [0.2, 0.25) is 0 Å². The van der Waals surface area contributed by atoms with Crippen LogP contribution in [0.2, 0.25) is 0 Å². The fourth-order valence-electron chi connectivity index (χ4n) is 2.17. The van der Waals surface area contributed by atoms with Crippen LogP contribution >= 0.6 is 0 Å². The fraction of sp³-hybridized carbons (Fsp3) is 0.800. The summed E-state index contributed by atoms with van der Waals surface area (Å²) in [6.07, 6.45) is 2.20. The first kappa shape index (κ1) is 10.2. The maximum absolute atomic E-state index is 10.9. The molecule has 3 heteroatoms. The van der Waals surface area contributed by atoms with E-state index in [0.29, 0.717) is 12.8 Å². The highest BCUT2D eigenvalue weighted by molar-refractivity contribution is 5.74. The number of hydrogen-bond donors (Lipinski definition) is 1. The Morgan fingerprint density at radius 3 is 2.23 bits per heavy atom. The number of carbonyl (C=O) groups is 2. The first-order valence-electron chi connectivity index (χ1n) is 4.54. The summed E-state index contributed by atoms with van der Waals surface area (Å²) in [6.45, 7) is 5.59. The Morgan fingerprint density at radius 2 is 2.00 bits per heavy atom. The maximum atomic E-state index is 10.9. The second-order valence-corrected chi connectivity index (χ2v) is 4.69. The van der Waals surface area contributed by atoms with Crippen molar-refractivity contribution in [1.82, 2.24) is 0 Å². The number of carbonyl (C=O) groups excluding carboxylic acids is 1. The predicted octanol–water partition coefficient (Wildman–Crippen LogP) is 1.71. The molecule has 0 radical (unpaired) electrons. The lowest BCUT2D eigenvalue weighted by atomic mass is 9.66. The minimum atomic E-state index is -0.782. The summed E-state index contributed by atoms with van der Waals surface area (Å²) in [5.41, 5.74) is -0.906. The van der Waals surface area contributed by atoms with E-state index in [4.69, 9.17) is 5.11 Å². The van der Waals surface area contributed by atoms with E-state index in [9.17, 15) is 9.59 Å². The zero-order valence-corrected chi connectivity index (χ0v) is 8.33. The summed E-state index contributed by atoms with van der Waals surface area (Å²) in [4.78, 5) is 21.8. The molecule has 1 aliphatic rings. The quantitative estimate of drug-likeness (QED) is 0.665. The van der Waals surface area contributed by atoms with Gasteiger partial charge in [0.15, 0.2) is 0 Å². The minimum absolute atomic E-state index is 0.386. The normalized spacial score (nSPS) is 37.3. The molecule has 0 aromatic heterocycles. The van der Waals surface area contributed by atoms with Crippen LogP contribution in [-0.2, 0) is 9.59 Å². The lowest BCUT2D eigenvalue weighted by molar-refractivity contribution is -0.146. The smallest absolute Gasteiger partial charge is 0.307 e. The van der Waals surface area contributed by atoms with E-state index in [1.807, 2.05) is 20.8 Å². The molecule has 0 heterocycles. The Balaban J connectivity index is 3.01. The van der Waals surface area contributed by atoms with E-state index in [1.54, 1.807) is 0 Å². The number of carboxylic acid groups (broad SMARTS) is 1. The Morgan fingerprint density at radius 1 is 1.46 bits per heavy atom. The third-order valence-electron chi connectivity index (χ3n) is 3.85. The Hall–Kier alpha value is -0.860. The molecule has 1 fully saturated rings. The standard InChI is InChI=1S/C10H16O3/c1-9(2)7(8(12)13)4-5-10(9,3)6-11/h6-7H,4-5H2,1-3H3,(H,12,13)/t7-,10-/m1/s1. The molecule has 0 saturated heterocycles. The second kappa shape index (κ2) is 2.82. The molecule has 3 nitrogen and oxygen atoms in total. The third-order valence-corrected chi connectivity index (χ3v) is 3.85. The van der Waals surface area contributed by atoms with Crippen molar-refractivity contribution in [2.75, 3.05) is 0 Å². The molecule has 1 N–H and O–H groups in total. The van der Waals surface area contributed by atoms with Crippen molar-refractivity contribution >= 4 is 12.3 Å². The van der Waals surface area contributed by atoms with Gasteiger partial charge in [-0.05, 0) is 18.3 Å². The topological polar surface area (TPSA) is 54.4 Å². The number of aliphatic carboxylic acids is 1. The van der Waals surface area contributed by atoms with Gasteiger partial charge >= 0.3 is 5.97 Å². The molecule has 0 aliphatic heterocycles. The molecule has 0 spiro atoms. The summed E-state index contributed by atoms with van der Waals surface area (Å²) < 4.78 is 0.